The molecule has 1 unspecified atom stereocenters. The third kappa shape index (κ3) is 1.54. The zero-order chi connectivity index (χ0) is 9.31. The molecule has 13 heavy (non-hydrogen) atoms. The molecular weight excluding hydrogens is 190 g/mol. The van der Waals surface area contributed by atoms with Crippen LogP contribution in [0.15, 0.2) is 5.38 Å². The number of methoxy groups -OCH3 is 1. The van der Waals surface area contributed by atoms with Crippen molar-refractivity contribution >= 4 is 11.3 Å². The summed E-state index contributed by atoms with van der Waals surface area (Å²) >= 11 is 1.39. The highest BCUT2D eigenvalue weighted by Gasteiger charge is 2.36. The summed E-state index contributed by atoms with van der Waals surface area (Å²) in [6, 6.07) is 0. The Morgan fingerprint density at radius 3 is 3.15 bits per heavy atom. The average molecular weight is 201 g/mol. The van der Waals surface area contributed by atoms with E-state index in [9.17, 15) is 5.11 Å². The number of thiazole rings is 1. The molecule has 0 spiro atoms. The second-order valence-corrected chi connectivity index (χ2v) is 3.86. The van der Waals surface area contributed by atoms with Crippen molar-refractivity contribution in [2.24, 2.45) is 0 Å². The lowest BCUT2D eigenvalue weighted by Gasteiger charge is -2.16. The molecule has 72 valence electrons. The summed E-state index contributed by atoms with van der Waals surface area (Å²) in [5, 5.41) is 12.4. The molecule has 1 aliphatic heterocycles. The lowest BCUT2D eigenvalue weighted by Crippen LogP contribution is -2.25. The predicted octanol–water partition coefficient (Wildman–Crippen LogP) is 0.760. The molecule has 2 rings (SSSR count). The van der Waals surface area contributed by atoms with Gasteiger partial charge < -0.3 is 14.6 Å². The zero-order valence-corrected chi connectivity index (χ0v) is 8.13. The molecule has 0 bridgehead atoms. The van der Waals surface area contributed by atoms with E-state index >= 15 is 0 Å². The van der Waals surface area contributed by atoms with Crippen LogP contribution in [0.25, 0.3) is 0 Å². The Hall–Kier alpha value is -0.650. The van der Waals surface area contributed by atoms with Gasteiger partial charge in [-0.05, 0) is 0 Å². The van der Waals surface area contributed by atoms with Crippen LogP contribution in [0.4, 0.5) is 0 Å². The van der Waals surface area contributed by atoms with Crippen LogP contribution in [-0.4, -0.2) is 30.4 Å². The molecule has 0 saturated carbocycles. The summed E-state index contributed by atoms with van der Waals surface area (Å²) in [4.78, 5) is 4.15. The average Bonchev–Trinajstić information content (AvgIpc) is 2.72. The number of hydrogen-bond donors (Lipinski definition) is 1. The van der Waals surface area contributed by atoms with Crippen LogP contribution in [0.2, 0.25) is 0 Å². The molecule has 2 heterocycles. The first-order valence-electron chi connectivity index (χ1n) is 4.05. The third-order valence-electron chi connectivity index (χ3n) is 2.14. The Morgan fingerprint density at radius 2 is 2.62 bits per heavy atom. The number of aromatic nitrogens is 1. The van der Waals surface area contributed by atoms with Gasteiger partial charge in [-0.3, -0.25) is 0 Å². The van der Waals surface area contributed by atoms with Gasteiger partial charge in [0.1, 0.15) is 5.60 Å². The van der Waals surface area contributed by atoms with Gasteiger partial charge in [0.15, 0.2) is 0 Å². The van der Waals surface area contributed by atoms with Crippen molar-refractivity contribution in [3.05, 3.63) is 11.1 Å². The first-order valence-corrected chi connectivity index (χ1v) is 4.93. The monoisotopic (exact) mass is 201 g/mol. The first kappa shape index (κ1) is 8.93. The Bertz CT molecular complexity index is 293. The van der Waals surface area contributed by atoms with Gasteiger partial charge in [-0.15, -0.1) is 0 Å². The Labute approximate surface area is 80.1 Å². The van der Waals surface area contributed by atoms with Crippen LogP contribution in [0.5, 0.6) is 5.19 Å². The van der Waals surface area contributed by atoms with Crippen LogP contribution in [0, 0.1) is 0 Å². The third-order valence-corrected chi connectivity index (χ3v) is 2.94. The van der Waals surface area contributed by atoms with Crippen molar-refractivity contribution in [2.75, 3.05) is 20.3 Å². The lowest BCUT2D eigenvalue weighted by atomic mass is 10.0. The van der Waals surface area contributed by atoms with Crippen LogP contribution >= 0.6 is 11.3 Å². The van der Waals surface area contributed by atoms with Crippen molar-refractivity contribution in [3.8, 4) is 5.19 Å². The summed E-state index contributed by atoms with van der Waals surface area (Å²) in [5.74, 6) is 0. The maximum absolute atomic E-state index is 10.0. The van der Waals surface area contributed by atoms with Gasteiger partial charge >= 0.3 is 0 Å². The minimum absolute atomic E-state index is 0.333. The van der Waals surface area contributed by atoms with E-state index in [-0.39, 0.29) is 0 Å². The van der Waals surface area contributed by atoms with E-state index in [0.717, 1.165) is 0 Å². The Balaban J connectivity index is 2.23. The fourth-order valence-electron chi connectivity index (χ4n) is 1.32. The van der Waals surface area contributed by atoms with Gasteiger partial charge in [0.05, 0.1) is 19.4 Å². The van der Waals surface area contributed by atoms with Crippen molar-refractivity contribution < 1.29 is 14.6 Å². The number of ether oxygens (including phenoxy) is 2. The summed E-state index contributed by atoms with van der Waals surface area (Å²) in [6.07, 6.45) is 0.611. The molecular formula is C8H11NO3S. The Morgan fingerprint density at radius 1 is 1.77 bits per heavy atom. The van der Waals surface area contributed by atoms with Gasteiger partial charge in [0, 0.05) is 18.4 Å². The van der Waals surface area contributed by atoms with Crippen molar-refractivity contribution in [2.45, 2.75) is 12.0 Å². The van der Waals surface area contributed by atoms with Crippen molar-refractivity contribution in [1.29, 1.82) is 0 Å². The molecule has 1 fully saturated rings. The highest BCUT2D eigenvalue weighted by Crippen LogP contribution is 2.32. The summed E-state index contributed by atoms with van der Waals surface area (Å²) in [5.41, 5.74) is -0.236. The SMILES string of the molecule is COc1nc(C2(O)CCOC2)cs1. The fraction of sp³-hybridized carbons (Fsp3) is 0.625. The smallest absolute Gasteiger partial charge is 0.273 e. The molecule has 1 aromatic heterocycles. The molecule has 0 aliphatic carbocycles. The highest BCUT2D eigenvalue weighted by molar-refractivity contribution is 7.11. The standard InChI is InChI=1S/C8H11NO3S/c1-11-7-9-6(4-13-7)8(10)2-3-12-5-8/h4,10H,2-3,5H2,1H3. The van der Waals surface area contributed by atoms with E-state index in [1.807, 2.05) is 5.38 Å². The summed E-state index contributed by atoms with van der Waals surface area (Å²) in [6.45, 7) is 0.927. The first-order chi connectivity index (χ1) is 6.24. The molecule has 5 heteroatoms. The number of rotatable bonds is 2. The number of hydrogen-bond acceptors (Lipinski definition) is 5. The normalized spacial score (nSPS) is 27.8. The topological polar surface area (TPSA) is 51.6 Å². The quantitative estimate of drug-likeness (QED) is 0.767. The van der Waals surface area contributed by atoms with Crippen molar-refractivity contribution in [3.63, 3.8) is 0 Å². The summed E-state index contributed by atoms with van der Waals surface area (Å²) in [7, 11) is 1.57. The fourth-order valence-corrected chi connectivity index (χ4v) is 2.05. The zero-order valence-electron chi connectivity index (χ0n) is 7.32. The van der Waals surface area contributed by atoms with Crippen molar-refractivity contribution in [1.82, 2.24) is 4.98 Å². The van der Waals surface area contributed by atoms with E-state index in [0.29, 0.717) is 30.5 Å². The molecule has 1 saturated heterocycles. The van der Waals surface area contributed by atoms with Gasteiger partial charge in [-0.1, -0.05) is 11.3 Å². The number of aliphatic hydroxyl groups is 1. The number of nitrogens with zero attached hydrogens (tertiary/aromatic N) is 1. The maximum Gasteiger partial charge on any atom is 0.273 e. The molecule has 4 nitrogen and oxygen atoms in total. The van der Waals surface area contributed by atoms with E-state index < -0.39 is 5.60 Å². The van der Waals surface area contributed by atoms with E-state index in [4.69, 9.17) is 9.47 Å². The van der Waals surface area contributed by atoms with E-state index in [1.54, 1.807) is 7.11 Å². The van der Waals surface area contributed by atoms with Gasteiger partial charge in [0.2, 0.25) is 0 Å². The maximum atomic E-state index is 10.0. The van der Waals surface area contributed by atoms with Crippen LogP contribution in [0.1, 0.15) is 12.1 Å². The molecule has 0 aromatic carbocycles. The molecule has 0 amide bonds. The van der Waals surface area contributed by atoms with Crippen LogP contribution in [0.3, 0.4) is 0 Å². The molecule has 1 aliphatic rings. The van der Waals surface area contributed by atoms with Gasteiger partial charge in [-0.25, -0.2) is 4.98 Å². The molecule has 1 N–H and O–H groups in total. The minimum atomic E-state index is -0.896. The Kier molecular flexibility index (Phi) is 2.23. The van der Waals surface area contributed by atoms with Crippen LogP contribution < -0.4 is 4.74 Å². The second kappa shape index (κ2) is 3.25. The molecule has 1 atom stereocenters. The molecule has 0 radical (unpaired) electrons. The van der Waals surface area contributed by atoms with Crippen LogP contribution in [-0.2, 0) is 10.3 Å². The second-order valence-electron chi connectivity index (χ2n) is 3.04. The van der Waals surface area contributed by atoms with Gasteiger partial charge in [0.25, 0.3) is 5.19 Å². The minimum Gasteiger partial charge on any atom is -0.473 e. The molecule has 1 aromatic rings. The highest BCUT2D eigenvalue weighted by atomic mass is 32.1. The van der Waals surface area contributed by atoms with E-state index in [1.165, 1.54) is 11.3 Å². The van der Waals surface area contributed by atoms with E-state index in [2.05, 4.69) is 4.98 Å². The lowest BCUT2D eigenvalue weighted by molar-refractivity contribution is 0.0196. The summed E-state index contributed by atoms with van der Waals surface area (Å²) < 4.78 is 10.1. The largest absolute Gasteiger partial charge is 0.473 e. The predicted molar refractivity (Wildman–Crippen MR) is 48.0 cm³/mol. The van der Waals surface area contributed by atoms with Gasteiger partial charge in [-0.2, -0.15) is 0 Å².